The van der Waals surface area contributed by atoms with Crippen LogP contribution in [-0.4, -0.2) is 82.0 Å². The molecule has 4 aromatic rings. The van der Waals surface area contributed by atoms with Crippen molar-refractivity contribution in [2.24, 2.45) is 7.05 Å². The molecule has 0 saturated carbocycles. The Morgan fingerprint density at radius 1 is 1.02 bits per heavy atom. The summed E-state index contributed by atoms with van der Waals surface area (Å²) < 4.78 is 10.0. The van der Waals surface area contributed by atoms with Gasteiger partial charge in [0.05, 0.1) is 37.5 Å². The van der Waals surface area contributed by atoms with Crippen LogP contribution in [-0.2, 0) is 24.9 Å². The number of benzene rings is 1. The molecule has 3 aromatic heterocycles. The summed E-state index contributed by atoms with van der Waals surface area (Å²) in [6.45, 7) is 6.70. The van der Waals surface area contributed by atoms with Crippen molar-refractivity contribution < 1.29 is 9.53 Å². The summed E-state index contributed by atoms with van der Waals surface area (Å²) in [7, 11) is 1.64. The second kappa shape index (κ2) is 11.8. The highest BCUT2D eigenvalue weighted by Gasteiger charge is 2.34. The average Bonchev–Trinajstić information content (AvgIpc) is 3.14. The number of anilines is 1. The van der Waals surface area contributed by atoms with Gasteiger partial charge in [0.25, 0.3) is 11.5 Å². The molecule has 0 bridgehead atoms. The molecule has 2 fully saturated rings. The molecule has 0 unspecified atom stereocenters. The van der Waals surface area contributed by atoms with E-state index in [-0.39, 0.29) is 19.0 Å². The first kappa shape index (κ1) is 27.8. The number of pyridine rings is 1. The summed E-state index contributed by atoms with van der Waals surface area (Å²) in [6, 6.07) is 9.68. The van der Waals surface area contributed by atoms with Crippen LogP contribution in [0.5, 0.6) is 0 Å². The molecule has 5 heterocycles. The molecular weight excluding hydrogens is 534 g/mol. The monoisotopic (exact) mass is 569 g/mol. The Labute approximate surface area is 243 Å². The summed E-state index contributed by atoms with van der Waals surface area (Å²) >= 11 is 0. The van der Waals surface area contributed by atoms with E-state index in [1.807, 2.05) is 34.9 Å². The molecule has 1 amide bonds. The number of hydrogen-bond acceptors (Lipinski definition) is 7. The molecule has 6 rings (SSSR count). The zero-order valence-corrected chi connectivity index (χ0v) is 24.1. The van der Waals surface area contributed by atoms with Crippen LogP contribution in [0.4, 0.5) is 5.82 Å². The highest BCUT2D eigenvalue weighted by Crippen LogP contribution is 2.33. The van der Waals surface area contributed by atoms with E-state index >= 15 is 0 Å². The number of rotatable bonds is 5. The van der Waals surface area contributed by atoms with Crippen LogP contribution >= 0.6 is 0 Å². The quantitative estimate of drug-likeness (QED) is 0.362. The van der Waals surface area contributed by atoms with Gasteiger partial charge < -0.3 is 24.4 Å². The van der Waals surface area contributed by atoms with Crippen LogP contribution in [0, 0.1) is 11.8 Å². The van der Waals surface area contributed by atoms with E-state index in [9.17, 15) is 14.4 Å². The number of amides is 1. The second-order valence-corrected chi connectivity index (χ2v) is 10.6. The Morgan fingerprint density at radius 2 is 1.83 bits per heavy atom. The Balaban J connectivity index is 1.63. The number of nitrogens with zero attached hydrogens (tertiary/aromatic N) is 6. The van der Waals surface area contributed by atoms with E-state index in [1.165, 1.54) is 9.13 Å². The van der Waals surface area contributed by atoms with Gasteiger partial charge in [0, 0.05) is 51.4 Å². The molecule has 0 spiro atoms. The highest BCUT2D eigenvalue weighted by molar-refractivity contribution is 6.11. The van der Waals surface area contributed by atoms with Gasteiger partial charge in [-0.3, -0.25) is 23.7 Å². The smallest absolute Gasteiger partial charge is 0.331 e. The van der Waals surface area contributed by atoms with E-state index in [2.05, 4.69) is 27.0 Å². The van der Waals surface area contributed by atoms with Crippen LogP contribution in [0.25, 0.3) is 21.8 Å². The van der Waals surface area contributed by atoms with Gasteiger partial charge in [-0.1, -0.05) is 30.2 Å². The highest BCUT2D eigenvalue weighted by atomic mass is 16.5. The molecule has 11 heteroatoms. The molecule has 11 nitrogen and oxygen atoms in total. The lowest BCUT2D eigenvalue weighted by Gasteiger charge is -2.29. The molecule has 1 aromatic carbocycles. The van der Waals surface area contributed by atoms with Crippen molar-refractivity contribution in [3.05, 3.63) is 68.6 Å². The van der Waals surface area contributed by atoms with Crippen LogP contribution in [0.1, 0.15) is 29.4 Å². The average molecular weight is 570 g/mol. The number of aromatic nitrogens is 4. The SMILES string of the molecule is CC#CCn1c(N2CCCNCC2)c(C(=O)N2CCOCC2)c2c1c(=O)n(Cc1nccc3ccccc13)c(=O)n2C. The molecule has 1 N–H and O–H groups in total. The van der Waals surface area contributed by atoms with E-state index < -0.39 is 11.2 Å². The number of ether oxygens (including phenoxy) is 1. The maximum Gasteiger partial charge on any atom is 0.331 e. The normalized spacial score (nSPS) is 16.0. The van der Waals surface area contributed by atoms with Crippen LogP contribution in [0.15, 0.2) is 46.1 Å². The van der Waals surface area contributed by atoms with Crippen molar-refractivity contribution in [2.75, 3.05) is 57.4 Å². The standard InChI is InChI=1S/C31H35N7O4/c1-3-4-15-37-27-26(25(29(39)36-17-19-42-20-18-36)28(37)35-14-7-11-32-13-16-35)34(2)31(41)38(30(27)40)21-24-23-9-6-5-8-22(23)10-12-33-24/h5-6,8-10,12,32H,7,11,13-21H2,1-2H3. The Bertz CT molecular complexity index is 1820. The third kappa shape index (κ3) is 4.86. The number of carbonyl (C=O) groups is 1. The second-order valence-electron chi connectivity index (χ2n) is 10.6. The van der Waals surface area contributed by atoms with Gasteiger partial charge in [-0.15, -0.1) is 5.92 Å². The maximum absolute atomic E-state index is 14.4. The Hall–Kier alpha value is -4.40. The third-order valence-electron chi connectivity index (χ3n) is 8.14. The minimum Gasteiger partial charge on any atom is -0.378 e. The fourth-order valence-electron chi connectivity index (χ4n) is 6.05. The lowest BCUT2D eigenvalue weighted by atomic mass is 10.1. The lowest BCUT2D eigenvalue weighted by Crippen LogP contribution is -2.42. The van der Waals surface area contributed by atoms with Crippen LogP contribution < -0.4 is 21.5 Å². The maximum atomic E-state index is 14.4. The predicted molar refractivity (Wildman–Crippen MR) is 162 cm³/mol. The predicted octanol–water partition coefficient (Wildman–Crippen LogP) is 1.39. The molecule has 0 atom stereocenters. The van der Waals surface area contributed by atoms with Gasteiger partial charge in [-0.2, -0.15) is 0 Å². The largest absolute Gasteiger partial charge is 0.378 e. The Morgan fingerprint density at radius 3 is 2.64 bits per heavy atom. The summed E-state index contributed by atoms with van der Waals surface area (Å²) in [5.74, 6) is 6.49. The molecule has 2 aliphatic heterocycles. The number of carbonyl (C=O) groups excluding carboxylic acids is 1. The zero-order valence-electron chi connectivity index (χ0n) is 24.1. The number of nitrogens with one attached hydrogen (secondary N) is 1. The minimum atomic E-state index is -0.499. The van der Waals surface area contributed by atoms with E-state index in [0.29, 0.717) is 67.5 Å². The summed E-state index contributed by atoms with van der Waals surface area (Å²) in [5, 5.41) is 5.27. The number of fused-ring (bicyclic) bond motifs is 2. The van der Waals surface area contributed by atoms with Crippen molar-refractivity contribution in [3.8, 4) is 11.8 Å². The summed E-state index contributed by atoms with van der Waals surface area (Å²) in [5.41, 5.74) is 0.676. The molecule has 2 aliphatic rings. The fraction of sp³-hybridized carbons (Fsp3) is 0.419. The van der Waals surface area contributed by atoms with Gasteiger partial charge in [0.15, 0.2) is 0 Å². The Kier molecular flexibility index (Phi) is 7.82. The number of aryl methyl sites for hydroxylation is 1. The van der Waals surface area contributed by atoms with Crippen LogP contribution in [0.2, 0.25) is 0 Å². The third-order valence-corrected chi connectivity index (χ3v) is 8.14. The summed E-state index contributed by atoms with van der Waals surface area (Å²) in [6.07, 6.45) is 2.57. The molecular formula is C31H35N7O4. The van der Waals surface area contributed by atoms with E-state index in [1.54, 1.807) is 25.1 Å². The van der Waals surface area contributed by atoms with Crippen molar-refractivity contribution in [1.82, 2.24) is 28.9 Å². The van der Waals surface area contributed by atoms with Crippen molar-refractivity contribution >= 4 is 33.5 Å². The van der Waals surface area contributed by atoms with Crippen molar-refractivity contribution in [1.29, 1.82) is 0 Å². The first-order valence-electron chi connectivity index (χ1n) is 14.4. The van der Waals surface area contributed by atoms with Crippen molar-refractivity contribution in [2.45, 2.75) is 26.4 Å². The van der Waals surface area contributed by atoms with Gasteiger partial charge in [-0.25, -0.2) is 4.79 Å². The molecule has 0 aliphatic carbocycles. The van der Waals surface area contributed by atoms with Gasteiger partial charge in [0.1, 0.15) is 16.9 Å². The topological polar surface area (TPSA) is 107 Å². The van der Waals surface area contributed by atoms with Crippen LogP contribution in [0.3, 0.4) is 0 Å². The zero-order chi connectivity index (χ0) is 29.2. The number of morpholine rings is 1. The lowest BCUT2D eigenvalue weighted by molar-refractivity contribution is 0.0304. The summed E-state index contributed by atoms with van der Waals surface area (Å²) in [4.78, 5) is 51.1. The van der Waals surface area contributed by atoms with E-state index in [4.69, 9.17) is 4.74 Å². The fourth-order valence-corrected chi connectivity index (χ4v) is 6.05. The number of hydrogen-bond donors (Lipinski definition) is 1. The van der Waals surface area contributed by atoms with Gasteiger partial charge in [0.2, 0.25) is 0 Å². The van der Waals surface area contributed by atoms with Crippen molar-refractivity contribution in [3.63, 3.8) is 0 Å². The first-order chi connectivity index (χ1) is 20.5. The van der Waals surface area contributed by atoms with Gasteiger partial charge in [-0.05, 0) is 31.3 Å². The first-order valence-corrected chi connectivity index (χ1v) is 14.4. The molecule has 42 heavy (non-hydrogen) atoms. The molecule has 218 valence electrons. The van der Waals surface area contributed by atoms with E-state index in [0.717, 1.165) is 30.3 Å². The molecule has 2 saturated heterocycles. The molecule has 0 radical (unpaired) electrons. The minimum absolute atomic E-state index is 0.00312. The van der Waals surface area contributed by atoms with Gasteiger partial charge >= 0.3 is 5.69 Å².